The van der Waals surface area contributed by atoms with E-state index in [0.29, 0.717) is 12.5 Å². The monoisotopic (exact) mass is 297 g/mol. The van der Waals surface area contributed by atoms with Gasteiger partial charge in [0.2, 0.25) is 0 Å². The van der Waals surface area contributed by atoms with Crippen LogP contribution in [-0.4, -0.2) is 46.6 Å². The fourth-order valence-corrected chi connectivity index (χ4v) is 3.22. The molecule has 1 saturated heterocycles. The molecule has 0 aromatic carbocycles. The molecule has 1 unspecified atom stereocenters. The number of carbonyl (C=O) groups is 1. The third-order valence-electron chi connectivity index (χ3n) is 3.71. The molecule has 2 rings (SSSR count). The first kappa shape index (κ1) is 15.3. The maximum atomic E-state index is 10.5. The molecular formula is C14H23N3O2S. The van der Waals surface area contributed by atoms with Gasteiger partial charge in [-0.25, -0.2) is 4.98 Å². The van der Waals surface area contributed by atoms with Crippen LogP contribution in [-0.2, 0) is 11.2 Å². The van der Waals surface area contributed by atoms with Crippen molar-refractivity contribution >= 4 is 22.4 Å². The fourth-order valence-electron chi connectivity index (χ4n) is 2.46. The summed E-state index contributed by atoms with van der Waals surface area (Å²) in [6.07, 6.45) is 4.63. The molecule has 1 atom stereocenters. The molecule has 0 saturated carbocycles. The molecule has 1 aromatic rings. The van der Waals surface area contributed by atoms with Crippen LogP contribution in [0.4, 0.5) is 5.13 Å². The van der Waals surface area contributed by atoms with Crippen LogP contribution >= 0.6 is 11.3 Å². The summed E-state index contributed by atoms with van der Waals surface area (Å²) in [5, 5.41) is 14.9. The Bertz CT molecular complexity index is 430. The van der Waals surface area contributed by atoms with Gasteiger partial charge < -0.3 is 10.4 Å². The minimum absolute atomic E-state index is 0.146. The average molecular weight is 297 g/mol. The number of nitrogens with zero attached hydrogens (tertiary/aromatic N) is 2. The molecule has 1 fully saturated rings. The summed E-state index contributed by atoms with van der Waals surface area (Å²) in [4.78, 5) is 17.5. The lowest BCUT2D eigenvalue weighted by molar-refractivity contribution is -0.136. The van der Waals surface area contributed by atoms with Crippen LogP contribution in [0.1, 0.15) is 38.3 Å². The predicted octanol–water partition coefficient (Wildman–Crippen LogP) is 2.45. The maximum Gasteiger partial charge on any atom is 0.303 e. The molecule has 0 bridgehead atoms. The lowest BCUT2D eigenvalue weighted by Crippen LogP contribution is -2.41. The van der Waals surface area contributed by atoms with Gasteiger partial charge >= 0.3 is 5.97 Å². The van der Waals surface area contributed by atoms with E-state index < -0.39 is 5.97 Å². The number of hydrogen-bond acceptors (Lipinski definition) is 5. The number of aromatic nitrogens is 1. The Labute approximate surface area is 124 Å². The van der Waals surface area contributed by atoms with Crippen molar-refractivity contribution in [1.29, 1.82) is 0 Å². The Morgan fingerprint density at radius 1 is 1.50 bits per heavy atom. The highest BCUT2D eigenvalue weighted by Crippen LogP contribution is 2.18. The first-order valence-electron chi connectivity index (χ1n) is 7.29. The van der Waals surface area contributed by atoms with Gasteiger partial charge in [0.1, 0.15) is 0 Å². The third kappa shape index (κ3) is 4.76. The van der Waals surface area contributed by atoms with Crippen molar-refractivity contribution in [2.75, 3.05) is 25.0 Å². The molecule has 2 heterocycles. The largest absolute Gasteiger partial charge is 0.481 e. The van der Waals surface area contributed by atoms with Crippen molar-refractivity contribution in [3.63, 3.8) is 0 Å². The van der Waals surface area contributed by atoms with E-state index >= 15 is 0 Å². The second-order valence-corrected chi connectivity index (χ2v) is 6.22. The van der Waals surface area contributed by atoms with Gasteiger partial charge in [-0.05, 0) is 32.9 Å². The Hall–Kier alpha value is -1.14. The number of nitrogens with one attached hydrogen (secondary N) is 1. The van der Waals surface area contributed by atoms with Gasteiger partial charge in [-0.3, -0.25) is 9.69 Å². The van der Waals surface area contributed by atoms with Crippen LogP contribution in [0.25, 0.3) is 0 Å². The van der Waals surface area contributed by atoms with Gasteiger partial charge in [0.05, 0.1) is 12.1 Å². The van der Waals surface area contributed by atoms with E-state index in [2.05, 4.69) is 22.1 Å². The van der Waals surface area contributed by atoms with Crippen molar-refractivity contribution < 1.29 is 9.90 Å². The van der Waals surface area contributed by atoms with Gasteiger partial charge in [-0.1, -0.05) is 6.42 Å². The summed E-state index contributed by atoms with van der Waals surface area (Å²) >= 11 is 1.56. The number of likely N-dealkylation sites (tertiary alicyclic amines) is 1. The minimum atomic E-state index is -0.772. The molecular weight excluding hydrogens is 274 g/mol. The normalized spacial score (nSPS) is 17.9. The highest BCUT2D eigenvalue weighted by Gasteiger charge is 2.16. The van der Waals surface area contributed by atoms with Gasteiger partial charge in [-0.2, -0.15) is 0 Å². The summed E-state index contributed by atoms with van der Waals surface area (Å²) in [5.41, 5.74) is 0.866. The summed E-state index contributed by atoms with van der Waals surface area (Å²) in [6.45, 7) is 5.54. The van der Waals surface area contributed by atoms with Gasteiger partial charge in [-0.15, -0.1) is 11.3 Å². The topological polar surface area (TPSA) is 65.5 Å². The molecule has 0 radical (unpaired) electrons. The van der Waals surface area contributed by atoms with Gasteiger partial charge in [0.25, 0.3) is 0 Å². The molecule has 0 amide bonds. The predicted molar refractivity (Wildman–Crippen MR) is 81.4 cm³/mol. The van der Waals surface area contributed by atoms with Crippen molar-refractivity contribution in [3.05, 3.63) is 11.1 Å². The second-order valence-electron chi connectivity index (χ2n) is 5.36. The molecule has 0 spiro atoms. The molecule has 1 aliphatic heterocycles. The number of hydrogen-bond donors (Lipinski definition) is 2. The van der Waals surface area contributed by atoms with E-state index in [1.54, 1.807) is 11.3 Å². The Balaban J connectivity index is 1.74. The highest BCUT2D eigenvalue weighted by atomic mass is 32.1. The van der Waals surface area contributed by atoms with E-state index in [1.807, 2.05) is 5.38 Å². The zero-order valence-electron chi connectivity index (χ0n) is 12.0. The summed E-state index contributed by atoms with van der Waals surface area (Å²) in [7, 11) is 0. The molecule has 6 heteroatoms. The van der Waals surface area contributed by atoms with E-state index in [4.69, 9.17) is 5.11 Å². The molecule has 20 heavy (non-hydrogen) atoms. The standard InChI is InChI=1S/C14H23N3O2S/c1-11(17-7-3-2-4-8-17)9-15-14-16-12(10-20-14)5-6-13(18)19/h10-11H,2-9H2,1H3,(H,15,16)(H,18,19). The number of anilines is 1. The van der Waals surface area contributed by atoms with Crippen LogP contribution in [0.5, 0.6) is 0 Å². The quantitative estimate of drug-likeness (QED) is 0.809. The number of carboxylic acid groups (broad SMARTS) is 1. The zero-order valence-corrected chi connectivity index (χ0v) is 12.8. The van der Waals surface area contributed by atoms with Crippen molar-refractivity contribution in [2.45, 2.75) is 45.1 Å². The van der Waals surface area contributed by atoms with Crippen LogP contribution in [0.15, 0.2) is 5.38 Å². The van der Waals surface area contributed by atoms with Crippen LogP contribution in [0, 0.1) is 0 Å². The zero-order chi connectivity index (χ0) is 14.4. The van der Waals surface area contributed by atoms with Gasteiger partial charge in [0, 0.05) is 24.4 Å². The first-order chi connectivity index (χ1) is 9.65. The van der Waals surface area contributed by atoms with Crippen LogP contribution < -0.4 is 5.32 Å². The van der Waals surface area contributed by atoms with E-state index in [1.165, 1.54) is 32.4 Å². The molecule has 1 aliphatic rings. The summed E-state index contributed by atoms with van der Waals surface area (Å²) in [5.74, 6) is -0.772. The Kier molecular flexibility index (Phi) is 5.79. The SMILES string of the molecule is CC(CNc1nc(CCC(=O)O)cs1)N1CCCCC1. The highest BCUT2D eigenvalue weighted by molar-refractivity contribution is 7.13. The molecule has 0 aliphatic carbocycles. The lowest BCUT2D eigenvalue weighted by atomic mass is 10.1. The first-order valence-corrected chi connectivity index (χ1v) is 8.17. The fraction of sp³-hybridized carbons (Fsp3) is 0.714. The maximum absolute atomic E-state index is 10.5. The number of rotatable bonds is 7. The van der Waals surface area contributed by atoms with Crippen molar-refractivity contribution in [3.8, 4) is 0 Å². The van der Waals surface area contributed by atoms with Crippen molar-refractivity contribution in [1.82, 2.24) is 9.88 Å². The number of piperidine rings is 1. The Morgan fingerprint density at radius 2 is 2.25 bits per heavy atom. The number of thiazole rings is 1. The number of aryl methyl sites for hydroxylation is 1. The molecule has 112 valence electrons. The lowest BCUT2D eigenvalue weighted by Gasteiger charge is -2.32. The number of aliphatic carboxylic acids is 1. The summed E-state index contributed by atoms with van der Waals surface area (Å²) in [6, 6.07) is 0.515. The Morgan fingerprint density at radius 3 is 2.95 bits per heavy atom. The van der Waals surface area contributed by atoms with Crippen LogP contribution in [0.3, 0.4) is 0 Å². The summed E-state index contributed by atoms with van der Waals surface area (Å²) < 4.78 is 0. The second kappa shape index (κ2) is 7.59. The van der Waals surface area contributed by atoms with E-state index in [9.17, 15) is 4.79 Å². The van der Waals surface area contributed by atoms with E-state index in [0.717, 1.165) is 17.4 Å². The third-order valence-corrected chi connectivity index (χ3v) is 4.56. The number of carboxylic acids is 1. The molecule has 2 N–H and O–H groups in total. The van der Waals surface area contributed by atoms with Crippen LogP contribution in [0.2, 0.25) is 0 Å². The minimum Gasteiger partial charge on any atom is -0.481 e. The van der Waals surface area contributed by atoms with Crippen molar-refractivity contribution in [2.24, 2.45) is 0 Å². The van der Waals surface area contributed by atoms with E-state index in [-0.39, 0.29) is 6.42 Å². The average Bonchev–Trinajstić information content (AvgIpc) is 2.91. The molecule has 5 nitrogen and oxygen atoms in total. The molecule has 1 aromatic heterocycles. The van der Waals surface area contributed by atoms with Gasteiger partial charge in [0.15, 0.2) is 5.13 Å². The smallest absolute Gasteiger partial charge is 0.303 e.